The number of aromatic amines is 1. The van der Waals surface area contributed by atoms with Crippen LogP contribution in [-0.2, 0) is 28.9 Å². The Labute approximate surface area is 152 Å². The van der Waals surface area contributed by atoms with E-state index in [4.69, 9.17) is 4.74 Å². The molecule has 0 unspecified atom stereocenters. The van der Waals surface area contributed by atoms with Crippen LogP contribution in [0.1, 0.15) is 24.9 Å². The number of hydrogen-bond acceptors (Lipinski definition) is 5. The molecule has 8 heteroatoms. The lowest BCUT2D eigenvalue weighted by molar-refractivity contribution is -0.131. The highest BCUT2D eigenvalue weighted by atomic mass is 16.5. The van der Waals surface area contributed by atoms with Crippen molar-refractivity contribution in [2.45, 2.75) is 32.7 Å². The van der Waals surface area contributed by atoms with Gasteiger partial charge in [0, 0.05) is 62.5 Å². The van der Waals surface area contributed by atoms with Gasteiger partial charge < -0.3 is 19.2 Å². The number of aromatic nitrogens is 4. The van der Waals surface area contributed by atoms with Crippen molar-refractivity contribution in [3.8, 4) is 0 Å². The van der Waals surface area contributed by atoms with Crippen molar-refractivity contribution in [2.75, 3.05) is 26.3 Å². The Hall–Kier alpha value is -2.48. The summed E-state index contributed by atoms with van der Waals surface area (Å²) in [5.41, 5.74) is 0.562. The zero-order chi connectivity index (χ0) is 18.4. The largest absolute Gasteiger partial charge is 0.379 e. The summed E-state index contributed by atoms with van der Waals surface area (Å²) >= 11 is 0. The minimum absolute atomic E-state index is 0.120. The molecule has 3 rings (SSSR count). The number of carbonyl (C=O) groups is 1. The molecule has 2 aromatic rings. The molecule has 0 spiro atoms. The lowest BCUT2D eigenvalue weighted by Crippen LogP contribution is -2.37. The van der Waals surface area contributed by atoms with Crippen LogP contribution in [0.3, 0.4) is 0 Å². The molecule has 8 nitrogen and oxygen atoms in total. The van der Waals surface area contributed by atoms with Gasteiger partial charge in [-0.2, -0.15) is 0 Å². The molecular formula is C18H25N5O3. The topological polar surface area (TPSA) is 93.1 Å². The fraction of sp³-hybridized carbons (Fsp3) is 0.556. The third-order valence-corrected chi connectivity index (χ3v) is 4.61. The lowest BCUT2D eigenvalue weighted by atomic mass is 10.0. The zero-order valence-corrected chi connectivity index (χ0v) is 15.1. The summed E-state index contributed by atoms with van der Waals surface area (Å²) in [5.74, 6) is 1.25. The molecular weight excluding hydrogens is 334 g/mol. The van der Waals surface area contributed by atoms with E-state index in [0.29, 0.717) is 45.7 Å². The second-order valence-electron chi connectivity index (χ2n) is 6.53. The van der Waals surface area contributed by atoms with E-state index in [1.54, 1.807) is 6.20 Å². The number of nitrogens with one attached hydrogen (secondary N) is 1. The van der Waals surface area contributed by atoms with Crippen molar-refractivity contribution < 1.29 is 9.53 Å². The van der Waals surface area contributed by atoms with Crippen LogP contribution in [0.2, 0.25) is 0 Å². The summed E-state index contributed by atoms with van der Waals surface area (Å²) < 4.78 is 7.69. The highest BCUT2D eigenvalue weighted by molar-refractivity contribution is 5.76. The normalized spacial score (nSPS) is 17.9. The third kappa shape index (κ3) is 4.78. The molecule has 1 aliphatic heterocycles. The molecule has 26 heavy (non-hydrogen) atoms. The first kappa shape index (κ1) is 18.3. The fourth-order valence-electron chi connectivity index (χ4n) is 3.28. The van der Waals surface area contributed by atoms with E-state index in [-0.39, 0.29) is 17.4 Å². The number of hydrogen-bond donors (Lipinski definition) is 1. The highest BCUT2D eigenvalue weighted by Gasteiger charge is 2.23. The van der Waals surface area contributed by atoms with E-state index in [0.717, 1.165) is 17.9 Å². The molecule has 1 aliphatic rings. The molecule has 1 amide bonds. The molecule has 0 aromatic carbocycles. The van der Waals surface area contributed by atoms with Gasteiger partial charge in [-0.3, -0.25) is 9.59 Å². The summed E-state index contributed by atoms with van der Waals surface area (Å²) in [4.78, 5) is 37.0. The maximum absolute atomic E-state index is 12.7. The zero-order valence-electron chi connectivity index (χ0n) is 15.1. The van der Waals surface area contributed by atoms with Gasteiger partial charge in [-0.15, -0.1) is 0 Å². The number of aryl methyl sites for hydroxylation is 2. The van der Waals surface area contributed by atoms with E-state index in [1.165, 1.54) is 12.4 Å². The Morgan fingerprint density at radius 3 is 3.12 bits per heavy atom. The van der Waals surface area contributed by atoms with Crippen LogP contribution in [0, 0.1) is 5.92 Å². The van der Waals surface area contributed by atoms with Crippen molar-refractivity contribution in [2.24, 2.45) is 5.92 Å². The summed E-state index contributed by atoms with van der Waals surface area (Å²) in [6, 6.07) is 1.50. The van der Waals surface area contributed by atoms with E-state index >= 15 is 0 Å². The Morgan fingerprint density at radius 2 is 2.31 bits per heavy atom. The number of amides is 1. The summed E-state index contributed by atoms with van der Waals surface area (Å²) in [7, 11) is 0. The number of carbonyl (C=O) groups excluding carboxylic acids is 1. The summed E-state index contributed by atoms with van der Waals surface area (Å²) in [6.07, 6.45) is 7.01. The quantitative estimate of drug-likeness (QED) is 0.817. The van der Waals surface area contributed by atoms with Crippen molar-refractivity contribution in [3.63, 3.8) is 0 Å². The van der Waals surface area contributed by atoms with Crippen LogP contribution in [0.25, 0.3) is 0 Å². The predicted molar refractivity (Wildman–Crippen MR) is 95.7 cm³/mol. The van der Waals surface area contributed by atoms with E-state index < -0.39 is 0 Å². The fourth-order valence-corrected chi connectivity index (χ4v) is 3.28. The highest BCUT2D eigenvalue weighted by Crippen LogP contribution is 2.13. The average Bonchev–Trinajstić information content (AvgIpc) is 2.97. The lowest BCUT2D eigenvalue weighted by Gasteiger charge is -2.23. The third-order valence-electron chi connectivity index (χ3n) is 4.61. The van der Waals surface area contributed by atoms with Crippen molar-refractivity contribution >= 4 is 5.91 Å². The van der Waals surface area contributed by atoms with Gasteiger partial charge in [0.25, 0.3) is 5.56 Å². The number of H-pyrrole nitrogens is 1. The first-order valence-corrected chi connectivity index (χ1v) is 9.05. The molecule has 1 N–H and O–H groups in total. The molecule has 140 valence electrons. The number of ether oxygens (including phenoxy) is 1. The number of imidazole rings is 1. The minimum atomic E-state index is -0.162. The average molecular weight is 359 g/mol. The van der Waals surface area contributed by atoms with E-state index in [2.05, 4.69) is 21.9 Å². The van der Waals surface area contributed by atoms with Crippen molar-refractivity contribution in [1.29, 1.82) is 0 Å². The first-order valence-electron chi connectivity index (χ1n) is 9.05. The van der Waals surface area contributed by atoms with Crippen molar-refractivity contribution in [3.05, 3.63) is 46.7 Å². The van der Waals surface area contributed by atoms with Crippen LogP contribution in [0.15, 0.2) is 29.6 Å². The van der Waals surface area contributed by atoms with Gasteiger partial charge in [0.2, 0.25) is 5.91 Å². The monoisotopic (exact) mass is 359 g/mol. The van der Waals surface area contributed by atoms with Crippen LogP contribution in [0.5, 0.6) is 0 Å². The van der Waals surface area contributed by atoms with Gasteiger partial charge in [-0.25, -0.2) is 9.97 Å². The second kappa shape index (κ2) is 8.75. The van der Waals surface area contributed by atoms with Gasteiger partial charge in [-0.05, 0) is 6.42 Å². The summed E-state index contributed by atoms with van der Waals surface area (Å²) in [5, 5.41) is 0. The second-order valence-corrected chi connectivity index (χ2v) is 6.53. The first-order chi connectivity index (χ1) is 12.7. The molecule has 1 saturated heterocycles. The van der Waals surface area contributed by atoms with Gasteiger partial charge in [0.1, 0.15) is 5.82 Å². The van der Waals surface area contributed by atoms with Gasteiger partial charge >= 0.3 is 0 Å². The molecule has 0 radical (unpaired) electrons. The standard InChI is InChI=1S/C18H25N5O3/c1-2-16-19-4-6-22(16)5-3-18(25)23-7-8-26-12-14(11-23)9-15-10-17(24)21-13-20-15/h4,6,10,13-14H,2-3,5,7-9,11-12H2,1H3,(H,20,21,24)/t14-/m0/s1. The Balaban J connectivity index is 1.57. The van der Waals surface area contributed by atoms with Gasteiger partial charge in [0.15, 0.2) is 0 Å². The molecule has 1 atom stereocenters. The van der Waals surface area contributed by atoms with Gasteiger partial charge in [-0.1, -0.05) is 6.92 Å². The van der Waals surface area contributed by atoms with Crippen molar-refractivity contribution in [1.82, 2.24) is 24.4 Å². The number of nitrogens with zero attached hydrogens (tertiary/aromatic N) is 4. The predicted octanol–water partition coefficient (Wildman–Crippen LogP) is 0.637. The maximum Gasteiger partial charge on any atom is 0.250 e. The van der Waals surface area contributed by atoms with E-state index in [1.807, 2.05) is 15.7 Å². The molecule has 0 saturated carbocycles. The number of rotatable bonds is 6. The maximum atomic E-state index is 12.7. The SMILES string of the molecule is CCc1nccn1CCC(=O)N1CCOC[C@@H](Cc2cc(=O)[nH]cn2)C1. The van der Waals surface area contributed by atoms with Crippen LogP contribution in [0.4, 0.5) is 0 Å². The molecule has 0 aliphatic carbocycles. The molecule has 0 bridgehead atoms. The van der Waals surface area contributed by atoms with Crippen LogP contribution < -0.4 is 5.56 Å². The Kier molecular flexibility index (Phi) is 6.17. The smallest absolute Gasteiger partial charge is 0.250 e. The Morgan fingerprint density at radius 1 is 1.42 bits per heavy atom. The minimum Gasteiger partial charge on any atom is -0.379 e. The van der Waals surface area contributed by atoms with Crippen LogP contribution >= 0.6 is 0 Å². The van der Waals surface area contributed by atoms with E-state index in [9.17, 15) is 9.59 Å². The Bertz CT molecular complexity index is 785. The molecule has 2 aromatic heterocycles. The molecule has 3 heterocycles. The summed E-state index contributed by atoms with van der Waals surface area (Å²) in [6.45, 7) is 5.02. The van der Waals surface area contributed by atoms with Gasteiger partial charge in [0.05, 0.1) is 19.5 Å². The van der Waals surface area contributed by atoms with Crippen LogP contribution in [-0.4, -0.2) is 56.6 Å². The molecule has 1 fully saturated rings.